The van der Waals surface area contributed by atoms with Crippen molar-refractivity contribution in [3.63, 3.8) is 0 Å². The molecule has 0 fully saturated rings. The summed E-state index contributed by atoms with van der Waals surface area (Å²) in [6, 6.07) is 2.55. The maximum atomic E-state index is 12.8. The van der Waals surface area contributed by atoms with Crippen LogP contribution in [0.1, 0.15) is 0 Å². The standard InChI is InChI=1S/C8H5ClFNOS/c9-5-1-4(10)2-6-8(5)11-7(12)3-13-6/h1-2H,3H2,(H,11,12). The Labute approximate surface area is 83.5 Å². The second kappa shape index (κ2) is 3.20. The van der Waals surface area contributed by atoms with Crippen molar-refractivity contribution in [1.29, 1.82) is 0 Å². The number of thioether (sulfide) groups is 1. The first-order valence-electron chi connectivity index (χ1n) is 3.58. The molecule has 1 N–H and O–H groups in total. The predicted octanol–water partition coefficient (Wildman–Crippen LogP) is 2.52. The number of halogens is 2. The zero-order valence-electron chi connectivity index (χ0n) is 6.43. The van der Waals surface area contributed by atoms with Crippen molar-refractivity contribution in [3.05, 3.63) is 23.0 Å². The molecule has 1 amide bonds. The molecule has 0 unspecified atom stereocenters. The molecule has 1 aromatic rings. The Balaban J connectivity index is 2.53. The van der Waals surface area contributed by atoms with Crippen molar-refractivity contribution in [3.8, 4) is 0 Å². The van der Waals surface area contributed by atoms with Gasteiger partial charge in [0.05, 0.1) is 16.5 Å². The molecule has 0 saturated heterocycles. The van der Waals surface area contributed by atoms with Crippen LogP contribution in [0, 0.1) is 5.82 Å². The average molecular weight is 218 g/mol. The van der Waals surface area contributed by atoms with E-state index in [1.807, 2.05) is 0 Å². The molecule has 0 aromatic heterocycles. The minimum Gasteiger partial charge on any atom is -0.323 e. The summed E-state index contributed by atoms with van der Waals surface area (Å²) >= 11 is 7.03. The minimum atomic E-state index is -0.382. The van der Waals surface area contributed by atoms with Crippen LogP contribution in [0.2, 0.25) is 5.02 Å². The number of hydrogen-bond donors (Lipinski definition) is 1. The van der Waals surface area contributed by atoms with Gasteiger partial charge in [-0.25, -0.2) is 4.39 Å². The summed E-state index contributed by atoms with van der Waals surface area (Å²) in [5, 5.41) is 2.84. The highest BCUT2D eigenvalue weighted by Crippen LogP contribution is 2.37. The van der Waals surface area contributed by atoms with Crippen LogP contribution in [-0.2, 0) is 4.79 Å². The molecular weight excluding hydrogens is 213 g/mol. The maximum absolute atomic E-state index is 12.8. The van der Waals surface area contributed by atoms with Gasteiger partial charge in [0.2, 0.25) is 5.91 Å². The number of hydrogen-bond acceptors (Lipinski definition) is 2. The fourth-order valence-corrected chi connectivity index (χ4v) is 2.27. The van der Waals surface area contributed by atoms with E-state index in [0.717, 1.165) is 0 Å². The van der Waals surface area contributed by atoms with Crippen LogP contribution in [0.4, 0.5) is 10.1 Å². The number of fused-ring (bicyclic) bond motifs is 1. The molecule has 0 aliphatic carbocycles. The Hall–Kier alpha value is -0.740. The molecule has 2 rings (SSSR count). The Bertz CT molecular complexity index is 383. The van der Waals surface area contributed by atoms with Crippen molar-refractivity contribution in [2.24, 2.45) is 0 Å². The molecule has 0 radical (unpaired) electrons. The summed E-state index contributed by atoms with van der Waals surface area (Å²) < 4.78 is 12.8. The van der Waals surface area contributed by atoms with Crippen molar-refractivity contribution < 1.29 is 9.18 Å². The summed E-state index contributed by atoms with van der Waals surface area (Å²) in [5.74, 6) is -0.175. The van der Waals surface area contributed by atoms with E-state index in [9.17, 15) is 9.18 Å². The van der Waals surface area contributed by atoms with Gasteiger partial charge < -0.3 is 5.32 Å². The van der Waals surface area contributed by atoms with E-state index in [2.05, 4.69) is 5.32 Å². The lowest BCUT2D eigenvalue weighted by Gasteiger charge is -2.17. The first-order valence-corrected chi connectivity index (χ1v) is 4.95. The molecule has 5 heteroatoms. The number of carbonyl (C=O) groups is 1. The molecule has 68 valence electrons. The van der Waals surface area contributed by atoms with Crippen molar-refractivity contribution >= 4 is 35.0 Å². The van der Waals surface area contributed by atoms with Gasteiger partial charge in [0.25, 0.3) is 0 Å². The van der Waals surface area contributed by atoms with E-state index in [-0.39, 0.29) is 16.7 Å². The van der Waals surface area contributed by atoms with Crippen molar-refractivity contribution in [2.75, 3.05) is 11.1 Å². The number of nitrogens with one attached hydrogen (secondary N) is 1. The normalized spacial score (nSPS) is 15.1. The fourth-order valence-electron chi connectivity index (χ4n) is 1.10. The Morgan fingerprint density at radius 1 is 1.54 bits per heavy atom. The molecule has 1 aliphatic rings. The molecular formula is C8H5ClFNOS. The van der Waals surface area contributed by atoms with Gasteiger partial charge in [-0.15, -0.1) is 11.8 Å². The van der Waals surface area contributed by atoms with Crippen LogP contribution in [0.5, 0.6) is 0 Å². The zero-order chi connectivity index (χ0) is 9.42. The molecule has 1 aromatic carbocycles. The minimum absolute atomic E-state index is 0.106. The van der Waals surface area contributed by atoms with E-state index in [0.29, 0.717) is 16.3 Å². The van der Waals surface area contributed by atoms with E-state index < -0.39 is 0 Å². The molecule has 0 atom stereocenters. The van der Waals surface area contributed by atoms with Gasteiger partial charge in [0.1, 0.15) is 5.82 Å². The first-order chi connectivity index (χ1) is 6.16. The van der Waals surface area contributed by atoms with E-state index in [4.69, 9.17) is 11.6 Å². The lowest BCUT2D eigenvalue weighted by molar-refractivity contribution is -0.113. The molecule has 1 heterocycles. The van der Waals surface area contributed by atoms with E-state index in [1.54, 1.807) is 0 Å². The second-order valence-electron chi connectivity index (χ2n) is 2.60. The summed E-state index contributed by atoms with van der Waals surface area (Å²) in [5.41, 5.74) is 0.518. The maximum Gasteiger partial charge on any atom is 0.234 e. The van der Waals surface area contributed by atoms with Crippen LogP contribution in [0.25, 0.3) is 0 Å². The van der Waals surface area contributed by atoms with Crippen LogP contribution < -0.4 is 5.32 Å². The SMILES string of the molecule is O=C1CSc2cc(F)cc(Cl)c2N1. The predicted molar refractivity (Wildman–Crippen MR) is 50.8 cm³/mol. The van der Waals surface area contributed by atoms with Gasteiger partial charge in [0, 0.05) is 4.90 Å². The van der Waals surface area contributed by atoms with Gasteiger partial charge in [-0.3, -0.25) is 4.79 Å². The largest absolute Gasteiger partial charge is 0.323 e. The van der Waals surface area contributed by atoms with Crippen LogP contribution in [-0.4, -0.2) is 11.7 Å². The summed E-state index contributed by atoms with van der Waals surface area (Å²) in [4.78, 5) is 11.7. The highest BCUT2D eigenvalue weighted by atomic mass is 35.5. The van der Waals surface area contributed by atoms with Gasteiger partial charge in [-0.2, -0.15) is 0 Å². The lowest BCUT2D eigenvalue weighted by atomic mass is 10.3. The number of amides is 1. The highest BCUT2D eigenvalue weighted by molar-refractivity contribution is 8.00. The van der Waals surface area contributed by atoms with Crippen molar-refractivity contribution in [2.45, 2.75) is 4.90 Å². The number of rotatable bonds is 0. The topological polar surface area (TPSA) is 29.1 Å². The molecule has 2 nitrogen and oxygen atoms in total. The third-order valence-electron chi connectivity index (χ3n) is 1.64. The van der Waals surface area contributed by atoms with Crippen molar-refractivity contribution in [1.82, 2.24) is 0 Å². The lowest BCUT2D eigenvalue weighted by Crippen LogP contribution is -2.19. The average Bonchev–Trinajstić information content (AvgIpc) is 2.06. The fraction of sp³-hybridized carbons (Fsp3) is 0.125. The number of carbonyl (C=O) groups excluding carboxylic acids is 1. The number of anilines is 1. The zero-order valence-corrected chi connectivity index (χ0v) is 8.01. The molecule has 0 bridgehead atoms. The van der Waals surface area contributed by atoms with Gasteiger partial charge in [-0.05, 0) is 12.1 Å². The third kappa shape index (κ3) is 1.64. The van der Waals surface area contributed by atoms with Crippen LogP contribution >= 0.6 is 23.4 Å². The quantitative estimate of drug-likeness (QED) is 0.724. The monoisotopic (exact) mass is 217 g/mol. The highest BCUT2D eigenvalue weighted by Gasteiger charge is 2.18. The van der Waals surface area contributed by atoms with Crippen LogP contribution in [0.3, 0.4) is 0 Å². The molecule has 0 saturated carbocycles. The van der Waals surface area contributed by atoms with Gasteiger partial charge >= 0.3 is 0 Å². The number of benzene rings is 1. The Morgan fingerprint density at radius 3 is 3.08 bits per heavy atom. The molecule has 0 spiro atoms. The van der Waals surface area contributed by atoms with E-state index >= 15 is 0 Å². The van der Waals surface area contributed by atoms with Crippen LogP contribution in [0.15, 0.2) is 17.0 Å². The Morgan fingerprint density at radius 2 is 2.31 bits per heavy atom. The van der Waals surface area contributed by atoms with E-state index in [1.165, 1.54) is 23.9 Å². The smallest absolute Gasteiger partial charge is 0.234 e. The molecule has 13 heavy (non-hydrogen) atoms. The van der Waals surface area contributed by atoms with Gasteiger partial charge in [-0.1, -0.05) is 11.6 Å². The first kappa shape index (κ1) is 8.84. The Kier molecular flexibility index (Phi) is 2.17. The summed E-state index contributed by atoms with van der Waals surface area (Å²) in [7, 11) is 0. The second-order valence-corrected chi connectivity index (χ2v) is 4.02. The van der Waals surface area contributed by atoms with Gasteiger partial charge in [0.15, 0.2) is 0 Å². The third-order valence-corrected chi connectivity index (χ3v) is 2.98. The summed E-state index contributed by atoms with van der Waals surface area (Å²) in [6.45, 7) is 0. The molecule has 1 aliphatic heterocycles. The summed E-state index contributed by atoms with van der Waals surface area (Å²) in [6.07, 6.45) is 0.